The molecule has 0 spiro atoms. The van der Waals surface area contributed by atoms with E-state index >= 15 is 0 Å². The maximum absolute atomic E-state index is 10.3. The van der Waals surface area contributed by atoms with Crippen LogP contribution in [0.15, 0.2) is 35.8 Å². The third-order valence-corrected chi connectivity index (χ3v) is 4.99. The van der Waals surface area contributed by atoms with Crippen molar-refractivity contribution in [3.63, 3.8) is 0 Å². The molecular weight excluding hydrogens is 324 g/mol. The van der Waals surface area contributed by atoms with Crippen LogP contribution in [0.25, 0.3) is 0 Å². The first kappa shape index (κ1) is 17.4. The molecule has 0 aliphatic carbocycles. The van der Waals surface area contributed by atoms with Gasteiger partial charge in [-0.2, -0.15) is 0 Å². The van der Waals surface area contributed by atoms with Gasteiger partial charge in [0.25, 0.3) is 0 Å². The molecule has 2 heterocycles. The summed E-state index contributed by atoms with van der Waals surface area (Å²) in [4.78, 5) is 6.54. The highest BCUT2D eigenvalue weighted by molar-refractivity contribution is 7.09. The van der Waals surface area contributed by atoms with Crippen LogP contribution in [0.4, 0.5) is 0 Å². The molecule has 24 heavy (non-hydrogen) atoms. The van der Waals surface area contributed by atoms with Gasteiger partial charge in [-0.25, -0.2) is 4.98 Å². The first-order valence-electron chi connectivity index (χ1n) is 8.37. The van der Waals surface area contributed by atoms with Crippen molar-refractivity contribution in [2.45, 2.75) is 25.6 Å². The van der Waals surface area contributed by atoms with E-state index in [0.717, 1.165) is 30.3 Å². The number of nitrogens with zero attached hydrogens (tertiary/aromatic N) is 2. The van der Waals surface area contributed by atoms with E-state index in [1.807, 2.05) is 17.5 Å². The number of ether oxygens (including phenoxy) is 2. The van der Waals surface area contributed by atoms with Gasteiger partial charge in [0, 0.05) is 31.2 Å². The fourth-order valence-corrected chi connectivity index (χ4v) is 3.45. The molecule has 3 rings (SSSR count). The van der Waals surface area contributed by atoms with E-state index in [1.165, 1.54) is 5.56 Å². The fourth-order valence-electron chi connectivity index (χ4n) is 2.78. The molecule has 2 atom stereocenters. The number of hydrogen-bond donors (Lipinski definition) is 1. The number of rotatable bonds is 7. The molecule has 2 aromatic rings. The highest BCUT2D eigenvalue weighted by Gasteiger charge is 2.25. The van der Waals surface area contributed by atoms with Gasteiger partial charge in [-0.15, -0.1) is 11.3 Å². The zero-order valence-corrected chi connectivity index (χ0v) is 14.7. The van der Waals surface area contributed by atoms with Gasteiger partial charge in [-0.05, 0) is 24.1 Å². The minimum Gasteiger partial charge on any atom is -0.491 e. The van der Waals surface area contributed by atoms with E-state index in [1.54, 1.807) is 17.5 Å². The summed E-state index contributed by atoms with van der Waals surface area (Å²) >= 11 is 1.61. The summed E-state index contributed by atoms with van der Waals surface area (Å²) < 4.78 is 11.5. The summed E-state index contributed by atoms with van der Waals surface area (Å²) in [6.07, 6.45) is 2.30. The Morgan fingerprint density at radius 2 is 2.25 bits per heavy atom. The number of aliphatic hydroxyl groups is 1. The smallest absolute Gasteiger partial charge is 0.123 e. The monoisotopic (exact) mass is 348 g/mol. The average molecular weight is 348 g/mol. The maximum atomic E-state index is 10.3. The highest BCUT2D eigenvalue weighted by Crippen LogP contribution is 2.24. The normalized spacial score (nSPS) is 20.0. The largest absolute Gasteiger partial charge is 0.491 e. The van der Waals surface area contributed by atoms with Crippen LogP contribution in [0.2, 0.25) is 0 Å². The van der Waals surface area contributed by atoms with Gasteiger partial charge < -0.3 is 14.6 Å². The summed E-state index contributed by atoms with van der Waals surface area (Å²) in [5, 5.41) is 13.2. The van der Waals surface area contributed by atoms with Gasteiger partial charge >= 0.3 is 0 Å². The van der Waals surface area contributed by atoms with Crippen LogP contribution < -0.4 is 4.74 Å². The molecule has 1 aliphatic rings. The molecule has 1 aromatic heterocycles. The Balaban J connectivity index is 1.44. The molecule has 1 N–H and O–H groups in total. The van der Waals surface area contributed by atoms with Crippen molar-refractivity contribution in [1.82, 2.24) is 9.88 Å². The van der Waals surface area contributed by atoms with E-state index in [-0.39, 0.29) is 6.10 Å². The Morgan fingerprint density at radius 3 is 2.96 bits per heavy atom. The number of aryl methyl sites for hydroxylation is 1. The predicted molar refractivity (Wildman–Crippen MR) is 94.6 cm³/mol. The fraction of sp³-hybridized carbons (Fsp3) is 0.500. The Labute approximate surface area is 146 Å². The van der Waals surface area contributed by atoms with Crippen LogP contribution in [0.1, 0.15) is 23.6 Å². The molecule has 2 unspecified atom stereocenters. The molecule has 1 saturated heterocycles. The van der Waals surface area contributed by atoms with Crippen molar-refractivity contribution >= 4 is 11.3 Å². The molecular formula is C18H24N2O3S. The zero-order valence-electron chi connectivity index (χ0n) is 13.9. The molecule has 0 saturated carbocycles. The molecule has 0 bridgehead atoms. The minimum atomic E-state index is -0.522. The number of β-amino-alcohol motifs (C(OH)–C–C–N with tert-alkyl or cyclic N) is 1. The Kier molecular flexibility index (Phi) is 6.20. The molecule has 1 fully saturated rings. The van der Waals surface area contributed by atoms with Crippen molar-refractivity contribution in [3.05, 3.63) is 46.4 Å². The van der Waals surface area contributed by atoms with Crippen LogP contribution in [0, 0.1) is 0 Å². The molecule has 0 radical (unpaired) electrons. The van der Waals surface area contributed by atoms with Crippen molar-refractivity contribution in [2.75, 3.05) is 32.8 Å². The summed E-state index contributed by atoms with van der Waals surface area (Å²) in [6, 6.07) is 8.03. The zero-order chi connectivity index (χ0) is 16.8. The highest BCUT2D eigenvalue weighted by atomic mass is 32.1. The number of thiazole rings is 1. The second-order valence-electron chi connectivity index (χ2n) is 5.95. The molecule has 1 aliphatic heterocycles. The van der Waals surface area contributed by atoms with E-state index < -0.39 is 6.10 Å². The second kappa shape index (κ2) is 8.58. The lowest BCUT2D eigenvalue weighted by atomic mass is 10.2. The van der Waals surface area contributed by atoms with Gasteiger partial charge in [0.05, 0.1) is 6.61 Å². The van der Waals surface area contributed by atoms with Crippen LogP contribution in [-0.4, -0.2) is 53.9 Å². The lowest BCUT2D eigenvalue weighted by Crippen LogP contribution is -2.43. The quantitative estimate of drug-likeness (QED) is 0.833. The van der Waals surface area contributed by atoms with Gasteiger partial charge in [-0.1, -0.05) is 19.1 Å². The van der Waals surface area contributed by atoms with Crippen LogP contribution in [0.5, 0.6) is 5.75 Å². The number of aliphatic hydroxyl groups excluding tert-OH is 1. The molecule has 1 aromatic carbocycles. The Hall–Kier alpha value is -1.47. The maximum Gasteiger partial charge on any atom is 0.123 e. The SMILES string of the molecule is CCc1ccc(OCC(O)CN2CCOC(c3nccs3)C2)cc1. The minimum absolute atomic E-state index is 0.00783. The third kappa shape index (κ3) is 4.77. The van der Waals surface area contributed by atoms with Crippen LogP contribution in [-0.2, 0) is 11.2 Å². The van der Waals surface area contributed by atoms with E-state index in [2.05, 4.69) is 28.9 Å². The van der Waals surface area contributed by atoms with Gasteiger partial charge in [0.15, 0.2) is 0 Å². The number of morpholine rings is 1. The van der Waals surface area contributed by atoms with Crippen molar-refractivity contribution in [2.24, 2.45) is 0 Å². The van der Waals surface area contributed by atoms with E-state index in [0.29, 0.717) is 19.8 Å². The lowest BCUT2D eigenvalue weighted by Gasteiger charge is -2.33. The van der Waals surface area contributed by atoms with Gasteiger partial charge in [-0.3, -0.25) is 4.90 Å². The topological polar surface area (TPSA) is 54.8 Å². The van der Waals surface area contributed by atoms with Crippen molar-refractivity contribution in [3.8, 4) is 5.75 Å². The number of benzene rings is 1. The number of hydrogen-bond acceptors (Lipinski definition) is 6. The molecule has 0 amide bonds. The van der Waals surface area contributed by atoms with Crippen molar-refractivity contribution in [1.29, 1.82) is 0 Å². The van der Waals surface area contributed by atoms with Crippen LogP contribution in [0.3, 0.4) is 0 Å². The van der Waals surface area contributed by atoms with Gasteiger partial charge in [0.2, 0.25) is 0 Å². The lowest BCUT2D eigenvalue weighted by molar-refractivity contribution is -0.0460. The van der Waals surface area contributed by atoms with Crippen molar-refractivity contribution < 1.29 is 14.6 Å². The Morgan fingerprint density at radius 1 is 1.42 bits per heavy atom. The molecule has 130 valence electrons. The summed E-state index contributed by atoms with van der Waals surface area (Å²) in [6.45, 7) is 5.25. The Bertz CT molecular complexity index is 603. The summed E-state index contributed by atoms with van der Waals surface area (Å²) in [7, 11) is 0. The first-order chi connectivity index (χ1) is 11.7. The van der Waals surface area contributed by atoms with E-state index in [4.69, 9.17) is 9.47 Å². The first-order valence-corrected chi connectivity index (χ1v) is 9.25. The molecule has 6 heteroatoms. The standard InChI is InChI=1S/C18H24N2O3S/c1-2-14-3-5-16(6-4-14)23-13-15(21)11-20-8-9-22-17(12-20)18-19-7-10-24-18/h3-7,10,15,17,21H,2,8-9,11-13H2,1H3. The second-order valence-corrected chi connectivity index (χ2v) is 6.88. The summed E-state index contributed by atoms with van der Waals surface area (Å²) in [5.74, 6) is 0.800. The van der Waals surface area contributed by atoms with Gasteiger partial charge in [0.1, 0.15) is 29.6 Å². The van der Waals surface area contributed by atoms with E-state index in [9.17, 15) is 5.11 Å². The predicted octanol–water partition coefficient (Wildman–Crippen LogP) is 2.52. The summed E-state index contributed by atoms with van der Waals surface area (Å²) in [5.41, 5.74) is 1.28. The number of aromatic nitrogens is 1. The third-order valence-electron chi connectivity index (χ3n) is 4.12. The van der Waals surface area contributed by atoms with Crippen LogP contribution >= 0.6 is 11.3 Å². The molecule has 5 nitrogen and oxygen atoms in total. The average Bonchev–Trinajstić information content (AvgIpc) is 3.15.